The molecular formula is C27H25F2N5O5. The molecule has 12 heteroatoms. The maximum atomic E-state index is 15.0. The number of benzene rings is 2. The van der Waals surface area contributed by atoms with Crippen LogP contribution in [0.3, 0.4) is 0 Å². The largest absolute Gasteiger partial charge is 0.489 e. The monoisotopic (exact) mass is 537 g/mol. The molecule has 10 nitrogen and oxygen atoms in total. The van der Waals surface area contributed by atoms with Crippen molar-refractivity contribution in [1.29, 1.82) is 0 Å². The number of nitrogens with one attached hydrogen (secondary N) is 2. The Morgan fingerprint density at radius 3 is 2.51 bits per heavy atom. The summed E-state index contributed by atoms with van der Waals surface area (Å²) >= 11 is 0. The summed E-state index contributed by atoms with van der Waals surface area (Å²) in [6.07, 6.45) is 2.85. The molecule has 39 heavy (non-hydrogen) atoms. The number of nitrogens with zero attached hydrogens (tertiary/aromatic N) is 3. The summed E-state index contributed by atoms with van der Waals surface area (Å²) < 4.78 is 41.0. The van der Waals surface area contributed by atoms with E-state index in [1.807, 2.05) is 0 Å². The zero-order valence-electron chi connectivity index (χ0n) is 21.1. The lowest BCUT2D eigenvalue weighted by Gasteiger charge is -2.16. The number of ether oxygens (including phenoxy) is 2. The Kier molecular flexibility index (Phi) is 6.87. The van der Waals surface area contributed by atoms with Crippen LogP contribution in [-0.2, 0) is 9.59 Å². The first-order valence-corrected chi connectivity index (χ1v) is 12.2. The molecule has 0 spiro atoms. The second-order valence-electron chi connectivity index (χ2n) is 9.38. The maximum absolute atomic E-state index is 15.0. The van der Waals surface area contributed by atoms with E-state index in [1.165, 1.54) is 47.2 Å². The zero-order valence-corrected chi connectivity index (χ0v) is 21.1. The third-order valence-corrected chi connectivity index (χ3v) is 6.35. The number of hydrogen-bond donors (Lipinski definition) is 3. The van der Waals surface area contributed by atoms with E-state index in [1.54, 1.807) is 20.0 Å². The highest BCUT2D eigenvalue weighted by atomic mass is 19.1. The first-order valence-electron chi connectivity index (χ1n) is 12.2. The standard InChI is InChI=1S/C27H25F2N5O5/c1-15(35)13-38-22-12-34-23(16(22)2)24(30-14-31-34)39-19-7-8-21(20(29)11-19)33-26(37)27(9-10-27)25(36)32-18-5-3-17(28)4-6-18/h3-8,11-12,14-15,35H,9-10,13H2,1-2H3,(H,32,36)(H,33,37)/t15-/m0/s1. The predicted octanol–water partition coefficient (Wildman–Crippen LogP) is 4.23. The van der Waals surface area contributed by atoms with Crippen molar-refractivity contribution in [2.24, 2.45) is 5.41 Å². The summed E-state index contributed by atoms with van der Waals surface area (Å²) in [5.74, 6) is -1.64. The lowest BCUT2D eigenvalue weighted by molar-refractivity contribution is -0.131. The third-order valence-electron chi connectivity index (χ3n) is 6.35. The minimum absolute atomic E-state index is 0.0922. The Morgan fingerprint density at radius 1 is 1.13 bits per heavy atom. The van der Waals surface area contributed by atoms with Crippen molar-refractivity contribution in [3.05, 3.63) is 72.2 Å². The van der Waals surface area contributed by atoms with Gasteiger partial charge < -0.3 is 25.2 Å². The second-order valence-corrected chi connectivity index (χ2v) is 9.38. The number of aliphatic hydroxyl groups excluding tert-OH is 1. The van der Waals surface area contributed by atoms with Gasteiger partial charge in [-0.2, -0.15) is 10.1 Å². The minimum atomic E-state index is -1.33. The number of rotatable bonds is 9. The average Bonchev–Trinajstić information content (AvgIpc) is 3.65. The van der Waals surface area contributed by atoms with Gasteiger partial charge in [0, 0.05) is 17.3 Å². The first kappa shape index (κ1) is 26.0. The molecule has 1 saturated carbocycles. The van der Waals surface area contributed by atoms with Crippen LogP contribution in [0.4, 0.5) is 20.2 Å². The van der Waals surface area contributed by atoms with Gasteiger partial charge in [-0.1, -0.05) is 0 Å². The molecule has 2 aromatic carbocycles. The quantitative estimate of drug-likeness (QED) is 0.273. The summed E-state index contributed by atoms with van der Waals surface area (Å²) in [4.78, 5) is 29.8. The van der Waals surface area contributed by atoms with Crippen molar-refractivity contribution < 1.29 is 33.0 Å². The van der Waals surface area contributed by atoms with E-state index in [2.05, 4.69) is 20.7 Å². The van der Waals surface area contributed by atoms with E-state index in [0.717, 1.165) is 6.07 Å². The van der Waals surface area contributed by atoms with E-state index in [9.17, 15) is 23.5 Å². The van der Waals surface area contributed by atoms with Crippen LogP contribution in [-0.4, -0.2) is 44.2 Å². The van der Waals surface area contributed by atoms with Gasteiger partial charge in [-0.05, 0) is 63.1 Å². The van der Waals surface area contributed by atoms with Crippen LogP contribution in [0.25, 0.3) is 5.52 Å². The molecule has 1 aliphatic carbocycles. The van der Waals surface area contributed by atoms with Crippen LogP contribution in [0, 0.1) is 24.0 Å². The fourth-order valence-electron chi connectivity index (χ4n) is 4.02. The fourth-order valence-corrected chi connectivity index (χ4v) is 4.02. The molecule has 2 aromatic heterocycles. The van der Waals surface area contributed by atoms with Crippen molar-refractivity contribution in [3.63, 3.8) is 0 Å². The number of hydrogen-bond acceptors (Lipinski definition) is 7. The van der Waals surface area contributed by atoms with Crippen molar-refractivity contribution >= 4 is 28.7 Å². The van der Waals surface area contributed by atoms with E-state index in [4.69, 9.17) is 9.47 Å². The maximum Gasteiger partial charge on any atom is 0.247 e. The van der Waals surface area contributed by atoms with Gasteiger partial charge in [-0.15, -0.1) is 0 Å². The van der Waals surface area contributed by atoms with Crippen molar-refractivity contribution in [2.45, 2.75) is 32.8 Å². The van der Waals surface area contributed by atoms with Crippen molar-refractivity contribution in [2.75, 3.05) is 17.2 Å². The number of aliphatic hydroxyl groups is 1. The van der Waals surface area contributed by atoms with Crippen LogP contribution >= 0.6 is 0 Å². The predicted molar refractivity (Wildman–Crippen MR) is 137 cm³/mol. The summed E-state index contributed by atoms with van der Waals surface area (Å²) in [7, 11) is 0. The molecule has 2 amide bonds. The highest BCUT2D eigenvalue weighted by molar-refractivity contribution is 6.16. The van der Waals surface area contributed by atoms with Gasteiger partial charge in [-0.25, -0.2) is 13.3 Å². The third kappa shape index (κ3) is 5.36. The molecule has 2 heterocycles. The van der Waals surface area contributed by atoms with Gasteiger partial charge in [0.1, 0.15) is 47.0 Å². The molecule has 1 aliphatic rings. The lowest BCUT2D eigenvalue weighted by Crippen LogP contribution is -2.35. The normalized spacial score (nSPS) is 14.5. The molecular weight excluding hydrogens is 512 g/mol. The molecule has 0 radical (unpaired) electrons. The molecule has 0 saturated heterocycles. The smallest absolute Gasteiger partial charge is 0.247 e. The number of carbonyl (C=O) groups is 2. The Labute approximate surface area is 221 Å². The van der Waals surface area contributed by atoms with Crippen molar-refractivity contribution in [3.8, 4) is 17.4 Å². The van der Waals surface area contributed by atoms with Crippen LogP contribution in [0.1, 0.15) is 25.3 Å². The Balaban J connectivity index is 1.29. The second kappa shape index (κ2) is 10.3. The summed E-state index contributed by atoms with van der Waals surface area (Å²) in [5.41, 5.74) is 0.0754. The summed E-state index contributed by atoms with van der Waals surface area (Å²) in [5, 5.41) is 18.7. The summed E-state index contributed by atoms with van der Waals surface area (Å²) in [6.45, 7) is 3.48. The SMILES string of the molecule is Cc1c(OC[C@H](C)O)cn2ncnc(Oc3ccc(NC(=O)C4(C(=O)Nc5ccc(F)cc5)CC4)c(F)c3)c12. The molecule has 4 aromatic rings. The molecule has 202 valence electrons. The highest BCUT2D eigenvalue weighted by Gasteiger charge is 2.56. The van der Waals surface area contributed by atoms with Gasteiger partial charge in [0.2, 0.25) is 17.7 Å². The Bertz CT molecular complexity index is 1550. The zero-order chi connectivity index (χ0) is 27.7. The van der Waals surface area contributed by atoms with Crippen LogP contribution in [0.5, 0.6) is 17.4 Å². The van der Waals surface area contributed by atoms with Crippen LogP contribution < -0.4 is 20.1 Å². The van der Waals surface area contributed by atoms with Crippen molar-refractivity contribution in [1.82, 2.24) is 14.6 Å². The molecule has 0 unspecified atom stereocenters. The van der Waals surface area contributed by atoms with Gasteiger partial charge in [0.05, 0.1) is 18.0 Å². The van der Waals surface area contributed by atoms with E-state index >= 15 is 0 Å². The molecule has 0 bridgehead atoms. The molecule has 3 N–H and O–H groups in total. The first-order chi connectivity index (χ1) is 18.7. The van der Waals surface area contributed by atoms with E-state index in [-0.39, 0.29) is 23.9 Å². The van der Waals surface area contributed by atoms with Crippen LogP contribution in [0.2, 0.25) is 0 Å². The number of aromatic nitrogens is 3. The molecule has 0 aliphatic heterocycles. The number of anilines is 2. The number of carbonyl (C=O) groups excluding carboxylic acids is 2. The van der Waals surface area contributed by atoms with Gasteiger partial charge in [0.25, 0.3) is 0 Å². The van der Waals surface area contributed by atoms with Gasteiger partial charge in [0.15, 0.2) is 0 Å². The Hall–Kier alpha value is -4.58. The van der Waals surface area contributed by atoms with Gasteiger partial charge >= 0.3 is 0 Å². The number of halogens is 2. The fraction of sp³-hybridized carbons (Fsp3) is 0.259. The molecule has 1 atom stereocenters. The number of fused-ring (bicyclic) bond motifs is 1. The topological polar surface area (TPSA) is 127 Å². The Morgan fingerprint density at radius 2 is 1.85 bits per heavy atom. The van der Waals surface area contributed by atoms with Gasteiger partial charge in [-0.3, -0.25) is 9.59 Å². The molecule has 5 rings (SSSR count). The van der Waals surface area contributed by atoms with E-state index < -0.39 is 35.0 Å². The lowest BCUT2D eigenvalue weighted by atomic mass is 10.0. The minimum Gasteiger partial charge on any atom is -0.489 e. The average molecular weight is 538 g/mol. The highest BCUT2D eigenvalue weighted by Crippen LogP contribution is 2.47. The summed E-state index contributed by atoms with van der Waals surface area (Å²) in [6, 6.07) is 9.06. The number of amides is 2. The van der Waals surface area contributed by atoms with E-state index in [0.29, 0.717) is 35.4 Å². The van der Waals surface area contributed by atoms with Crippen LogP contribution in [0.15, 0.2) is 55.0 Å². The molecule has 1 fully saturated rings. The number of aryl methyl sites for hydroxylation is 1.